The maximum Gasteiger partial charge on any atom is 0.187 e. The van der Waals surface area contributed by atoms with E-state index in [1.54, 1.807) is 22.7 Å². The van der Waals surface area contributed by atoms with E-state index < -0.39 is 0 Å². The Morgan fingerprint density at radius 3 is 2.76 bits per heavy atom. The molecule has 0 amide bonds. The molecule has 0 bridgehead atoms. The van der Waals surface area contributed by atoms with E-state index in [9.17, 15) is 0 Å². The first kappa shape index (κ1) is 10.6. The third-order valence-corrected chi connectivity index (χ3v) is 4.46. The van der Waals surface area contributed by atoms with Crippen LogP contribution < -0.4 is 5.73 Å². The SMILES string of the molecule is Cc1ccsc1-c1onc(N)c1-c1cccs1. The fourth-order valence-electron chi connectivity index (χ4n) is 1.72. The number of aromatic nitrogens is 1. The lowest BCUT2D eigenvalue weighted by molar-refractivity contribution is 0.437. The largest absolute Gasteiger partial charge is 0.380 e. The fourth-order valence-corrected chi connectivity index (χ4v) is 3.41. The van der Waals surface area contributed by atoms with Crippen LogP contribution in [0.1, 0.15) is 5.56 Å². The van der Waals surface area contributed by atoms with Gasteiger partial charge in [-0.2, -0.15) is 0 Å². The second-order valence-corrected chi connectivity index (χ2v) is 5.55. The molecule has 3 aromatic heterocycles. The Morgan fingerprint density at radius 2 is 2.12 bits per heavy atom. The summed E-state index contributed by atoms with van der Waals surface area (Å²) in [6.07, 6.45) is 0. The van der Waals surface area contributed by atoms with Gasteiger partial charge in [0.05, 0.1) is 10.4 Å². The van der Waals surface area contributed by atoms with E-state index in [0.29, 0.717) is 5.82 Å². The number of rotatable bonds is 2. The first-order valence-corrected chi connectivity index (χ1v) is 6.87. The number of aryl methyl sites for hydroxylation is 1. The number of anilines is 1. The highest BCUT2D eigenvalue weighted by molar-refractivity contribution is 7.14. The van der Waals surface area contributed by atoms with Gasteiger partial charge in [0.1, 0.15) is 0 Å². The summed E-state index contributed by atoms with van der Waals surface area (Å²) in [4.78, 5) is 2.18. The maximum absolute atomic E-state index is 5.90. The quantitative estimate of drug-likeness (QED) is 0.758. The van der Waals surface area contributed by atoms with Crippen molar-refractivity contribution in [2.24, 2.45) is 0 Å². The molecule has 0 aliphatic heterocycles. The van der Waals surface area contributed by atoms with Crippen molar-refractivity contribution in [3.63, 3.8) is 0 Å². The molecule has 0 saturated heterocycles. The zero-order valence-electron chi connectivity index (χ0n) is 9.14. The fraction of sp³-hybridized carbons (Fsp3) is 0.0833. The van der Waals surface area contributed by atoms with Crippen LogP contribution in [0, 0.1) is 6.92 Å². The molecule has 0 unspecified atom stereocenters. The lowest BCUT2D eigenvalue weighted by Crippen LogP contribution is -1.86. The van der Waals surface area contributed by atoms with E-state index in [4.69, 9.17) is 10.3 Å². The first-order valence-electron chi connectivity index (χ1n) is 5.11. The summed E-state index contributed by atoms with van der Waals surface area (Å²) < 4.78 is 5.39. The van der Waals surface area contributed by atoms with Gasteiger partial charge in [-0.25, -0.2) is 0 Å². The minimum Gasteiger partial charge on any atom is -0.380 e. The van der Waals surface area contributed by atoms with E-state index >= 15 is 0 Å². The maximum atomic E-state index is 5.90. The summed E-state index contributed by atoms with van der Waals surface area (Å²) in [7, 11) is 0. The van der Waals surface area contributed by atoms with E-state index in [1.165, 1.54) is 5.56 Å². The predicted molar refractivity (Wildman–Crippen MR) is 72.3 cm³/mol. The Hall–Kier alpha value is -1.59. The van der Waals surface area contributed by atoms with Crippen molar-refractivity contribution in [1.29, 1.82) is 0 Å². The standard InChI is InChI=1S/C12H10N2OS2/c1-7-4-6-17-11(7)10-9(12(13)14-15-10)8-3-2-5-16-8/h2-6H,1H3,(H2,13,14). The Balaban J connectivity index is 2.23. The van der Waals surface area contributed by atoms with Gasteiger partial charge in [0.25, 0.3) is 0 Å². The van der Waals surface area contributed by atoms with Crippen LogP contribution in [-0.4, -0.2) is 5.16 Å². The number of hydrogen-bond donors (Lipinski definition) is 1. The van der Waals surface area contributed by atoms with Crippen molar-refractivity contribution in [1.82, 2.24) is 5.16 Å². The summed E-state index contributed by atoms with van der Waals surface area (Å²) in [6, 6.07) is 6.09. The molecule has 0 aromatic carbocycles. The molecule has 3 rings (SSSR count). The van der Waals surface area contributed by atoms with Gasteiger partial charge in [-0.05, 0) is 35.4 Å². The Morgan fingerprint density at radius 1 is 1.24 bits per heavy atom. The smallest absolute Gasteiger partial charge is 0.187 e. The highest BCUT2D eigenvalue weighted by atomic mass is 32.1. The molecule has 17 heavy (non-hydrogen) atoms. The highest BCUT2D eigenvalue weighted by Gasteiger charge is 2.20. The molecular weight excluding hydrogens is 252 g/mol. The van der Waals surface area contributed by atoms with Crippen LogP contribution in [0.3, 0.4) is 0 Å². The van der Waals surface area contributed by atoms with Crippen molar-refractivity contribution in [2.45, 2.75) is 6.92 Å². The molecule has 0 aliphatic rings. The number of thiophene rings is 2. The monoisotopic (exact) mass is 262 g/mol. The van der Waals surface area contributed by atoms with Gasteiger partial charge in [-0.15, -0.1) is 22.7 Å². The molecule has 86 valence electrons. The second kappa shape index (κ2) is 4.01. The van der Waals surface area contributed by atoms with Gasteiger partial charge in [0.15, 0.2) is 11.6 Å². The van der Waals surface area contributed by atoms with Crippen LogP contribution in [0.15, 0.2) is 33.5 Å². The topological polar surface area (TPSA) is 52.0 Å². The predicted octanol–water partition coefficient (Wildman–Crippen LogP) is 4.02. The minimum atomic E-state index is 0.454. The third kappa shape index (κ3) is 1.67. The Bertz CT molecular complexity index is 637. The lowest BCUT2D eigenvalue weighted by Gasteiger charge is -1.98. The highest BCUT2D eigenvalue weighted by Crippen LogP contribution is 2.41. The number of hydrogen-bond acceptors (Lipinski definition) is 5. The molecule has 0 spiro atoms. The van der Waals surface area contributed by atoms with Crippen molar-refractivity contribution < 1.29 is 4.52 Å². The van der Waals surface area contributed by atoms with Crippen LogP contribution >= 0.6 is 22.7 Å². The minimum absolute atomic E-state index is 0.454. The van der Waals surface area contributed by atoms with Crippen molar-refractivity contribution in [2.75, 3.05) is 5.73 Å². The molecular formula is C12H10N2OS2. The zero-order chi connectivity index (χ0) is 11.8. The lowest BCUT2D eigenvalue weighted by atomic mass is 10.1. The Kier molecular flexibility index (Phi) is 2.49. The molecule has 0 fully saturated rings. The molecule has 0 atom stereocenters. The average Bonchev–Trinajstić information content (AvgIpc) is 2.98. The van der Waals surface area contributed by atoms with Crippen LogP contribution in [-0.2, 0) is 0 Å². The van der Waals surface area contributed by atoms with Gasteiger partial charge in [0.2, 0.25) is 0 Å². The summed E-state index contributed by atoms with van der Waals surface area (Å²) in [5.41, 5.74) is 7.99. The van der Waals surface area contributed by atoms with Crippen molar-refractivity contribution in [3.8, 4) is 21.1 Å². The number of nitrogen functional groups attached to an aromatic ring is 1. The average molecular weight is 262 g/mol. The van der Waals surface area contributed by atoms with E-state index in [2.05, 4.69) is 18.1 Å². The third-order valence-electron chi connectivity index (χ3n) is 2.55. The van der Waals surface area contributed by atoms with Gasteiger partial charge >= 0.3 is 0 Å². The Labute approximate surface area is 106 Å². The van der Waals surface area contributed by atoms with Crippen LogP contribution in [0.25, 0.3) is 21.1 Å². The zero-order valence-corrected chi connectivity index (χ0v) is 10.8. The molecule has 3 nitrogen and oxygen atoms in total. The van der Waals surface area contributed by atoms with Crippen molar-refractivity contribution in [3.05, 3.63) is 34.5 Å². The summed E-state index contributed by atoms with van der Waals surface area (Å²) in [5.74, 6) is 1.23. The van der Waals surface area contributed by atoms with Gasteiger partial charge in [0, 0.05) is 4.88 Å². The van der Waals surface area contributed by atoms with Crippen LogP contribution in [0.4, 0.5) is 5.82 Å². The molecule has 0 radical (unpaired) electrons. The van der Waals surface area contributed by atoms with Crippen LogP contribution in [0.2, 0.25) is 0 Å². The molecule has 0 saturated carbocycles. The van der Waals surface area contributed by atoms with E-state index in [1.807, 2.05) is 22.9 Å². The van der Waals surface area contributed by atoms with Gasteiger partial charge < -0.3 is 10.3 Å². The molecule has 0 aliphatic carbocycles. The molecule has 5 heteroatoms. The summed E-state index contributed by atoms with van der Waals surface area (Å²) in [5, 5.41) is 7.95. The molecule has 3 aromatic rings. The first-order chi connectivity index (χ1) is 8.27. The molecule has 3 heterocycles. The van der Waals surface area contributed by atoms with Gasteiger partial charge in [-0.1, -0.05) is 11.2 Å². The van der Waals surface area contributed by atoms with Gasteiger partial charge in [-0.3, -0.25) is 0 Å². The summed E-state index contributed by atoms with van der Waals surface area (Å²) in [6.45, 7) is 2.06. The van der Waals surface area contributed by atoms with E-state index in [0.717, 1.165) is 21.1 Å². The summed E-state index contributed by atoms with van der Waals surface area (Å²) >= 11 is 3.28. The number of nitrogens with two attached hydrogens (primary N) is 1. The molecule has 2 N–H and O–H groups in total. The second-order valence-electron chi connectivity index (χ2n) is 3.68. The number of nitrogens with zero attached hydrogens (tertiary/aromatic N) is 1. The van der Waals surface area contributed by atoms with Crippen molar-refractivity contribution >= 4 is 28.5 Å². The van der Waals surface area contributed by atoms with E-state index in [-0.39, 0.29) is 0 Å². The van der Waals surface area contributed by atoms with Crippen LogP contribution in [0.5, 0.6) is 0 Å². The normalized spacial score (nSPS) is 10.9.